The average molecular weight is 448 g/mol. The van der Waals surface area contributed by atoms with Crippen molar-refractivity contribution in [1.29, 1.82) is 0 Å². The maximum absolute atomic E-state index is 12.4. The van der Waals surface area contributed by atoms with Crippen molar-refractivity contribution >= 4 is 40.2 Å². The minimum absolute atomic E-state index is 0.0684. The number of amides is 1. The summed E-state index contributed by atoms with van der Waals surface area (Å²) in [6.45, 7) is 3.40. The minimum atomic E-state index is -0.559. The van der Waals surface area contributed by atoms with Crippen molar-refractivity contribution in [3.63, 3.8) is 0 Å². The standard InChI is InChI=1S/C22H23Cl2N3O3/c23-17-3-1-2-16(10-17)13-26-8-6-15(7-9-26)12-25-21(28)14-27-19-5-4-18(24)11-20(19)30-22(27)29/h1-5,10-11,15H,6-9,12-14H2,(H,25,28). The van der Waals surface area contributed by atoms with Gasteiger partial charge >= 0.3 is 5.76 Å². The number of rotatable bonds is 6. The number of fused-ring (bicyclic) bond motifs is 1. The van der Waals surface area contributed by atoms with Crippen LogP contribution < -0.4 is 11.1 Å². The Hall–Kier alpha value is -2.28. The lowest BCUT2D eigenvalue weighted by atomic mass is 9.96. The van der Waals surface area contributed by atoms with Gasteiger partial charge in [-0.1, -0.05) is 35.3 Å². The van der Waals surface area contributed by atoms with Crippen LogP contribution in [0.25, 0.3) is 11.1 Å². The lowest BCUT2D eigenvalue weighted by Crippen LogP contribution is -2.39. The molecule has 4 rings (SSSR count). The van der Waals surface area contributed by atoms with Crippen LogP contribution in [0.2, 0.25) is 10.0 Å². The third-order valence-electron chi connectivity index (χ3n) is 5.52. The summed E-state index contributed by atoms with van der Waals surface area (Å²) in [5.41, 5.74) is 2.16. The van der Waals surface area contributed by atoms with Crippen LogP contribution in [0, 0.1) is 5.92 Å². The molecule has 2 heterocycles. The summed E-state index contributed by atoms with van der Waals surface area (Å²) in [5, 5.41) is 4.21. The van der Waals surface area contributed by atoms with E-state index in [-0.39, 0.29) is 12.5 Å². The van der Waals surface area contributed by atoms with E-state index >= 15 is 0 Å². The van der Waals surface area contributed by atoms with E-state index in [1.807, 2.05) is 18.2 Å². The molecule has 30 heavy (non-hydrogen) atoms. The highest BCUT2D eigenvalue weighted by Crippen LogP contribution is 2.20. The lowest BCUT2D eigenvalue weighted by molar-refractivity contribution is -0.121. The first-order valence-corrected chi connectivity index (χ1v) is 10.8. The van der Waals surface area contributed by atoms with Crippen LogP contribution >= 0.6 is 23.2 Å². The van der Waals surface area contributed by atoms with Gasteiger partial charge in [0.05, 0.1) is 5.52 Å². The molecule has 0 spiro atoms. The number of nitrogens with zero attached hydrogens (tertiary/aromatic N) is 2. The predicted octanol–water partition coefficient (Wildman–Crippen LogP) is 3.93. The van der Waals surface area contributed by atoms with Crippen molar-refractivity contribution in [2.75, 3.05) is 19.6 Å². The third kappa shape index (κ3) is 5.06. The highest BCUT2D eigenvalue weighted by atomic mass is 35.5. The summed E-state index contributed by atoms with van der Waals surface area (Å²) in [7, 11) is 0. The van der Waals surface area contributed by atoms with E-state index in [9.17, 15) is 9.59 Å². The number of carbonyl (C=O) groups excluding carboxylic acids is 1. The fraction of sp³-hybridized carbons (Fsp3) is 0.364. The zero-order valence-electron chi connectivity index (χ0n) is 16.4. The van der Waals surface area contributed by atoms with Crippen molar-refractivity contribution in [3.05, 3.63) is 68.6 Å². The largest absolute Gasteiger partial charge is 0.420 e. The first-order valence-electron chi connectivity index (χ1n) is 10.0. The normalized spacial score (nSPS) is 15.5. The highest BCUT2D eigenvalue weighted by molar-refractivity contribution is 6.31. The molecule has 3 aromatic rings. The summed E-state index contributed by atoms with van der Waals surface area (Å²) >= 11 is 12.0. The number of hydrogen-bond donors (Lipinski definition) is 1. The molecule has 1 amide bonds. The van der Waals surface area contributed by atoms with Gasteiger partial charge in [0.25, 0.3) is 0 Å². The molecular weight excluding hydrogens is 425 g/mol. The zero-order valence-corrected chi connectivity index (χ0v) is 18.0. The van der Waals surface area contributed by atoms with E-state index in [1.165, 1.54) is 10.1 Å². The average Bonchev–Trinajstić information content (AvgIpc) is 3.01. The number of hydrogen-bond acceptors (Lipinski definition) is 4. The summed E-state index contributed by atoms with van der Waals surface area (Å²) in [6, 6.07) is 12.9. The maximum atomic E-state index is 12.4. The Labute approximate surface area is 184 Å². The molecule has 158 valence electrons. The van der Waals surface area contributed by atoms with Crippen molar-refractivity contribution < 1.29 is 9.21 Å². The number of likely N-dealkylation sites (tertiary alicyclic amines) is 1. The second kappa shape index (κ2) is 9.25. The van der Waals surface area contributed by atoms with Crippen LogP contribution in [0.15, 0.2) is 51.7 Å². The van der Waals surface area contributed by atoms with Crippen molar-refractivity contribution in [2.24, 2.45) is 5.92 Å². The van der Waals surface area contributed by atoms with Crippen LogP contribution in [0.4, 0.5) is 0 Å². The maximum Gasteiger partial charge on any atom is 0.420 e. The molecule has 1 saturated heterocycles. The highest BCUT2D eigenvalue weighted by Gasteiger charge is 2.20. The molecule has 2 aromatic carbocycles. The molecule has 0 radical (unpaired) electrons. The van der Waals surface area contributed by atoms with E-state index < -0.39 is 5.76 Å². The van der Waals surface area contributed by atoms with Gasteiger partial charge in [-0.15, -0.1) is 0 Å². The number of benzene rings is 2. The third-order valence-corrected chi connectivity index (χ3v) is 5.99. The topological polar surface area (TPSA) is 67.5 Å². The fourth-order valence-corrected chi connectivity index (χ4v) is 4.26. The second-order valence-corrected chi connectivity index (χ2v) is 8.59. The summed E-state index contributed by atoms with van der Waals surface area (Å²) < 4.78 is 6.50. The molecule has 1 aromatic heterocycles. The molecule has 1 N–H and O–H groups in total. The molecule has 0 aliphatic carbocycles. The summed E-state index contributed by atoms with van der Waals surface area (Å²) in [6.07, 6.45) is 2.04. The Morgan fingerprint density at radius 2 is 1.87 bits per heavy atom. The van der Waals surface area contributed by atoms with Crippen molar-refractivity contribution in [2.45, 2.75) is 25.9 Å². The van der Waals surface area contributed by atoms with Gasteiger partial charge in [-0.2, -0.15) is 0 Å². The first kappa shape index (κ1) is 21.0. The van der Waals surface area contributed by atoms with Gasteiger partial charge in [0.2, 0.25) is 5.91 Å². The monoisotopic (exact) mass is 447 g/mol. The molecule has 0 unspecified atom stereocenters. The number of nitrogens with one attached hydrogen (secondary N) is 1. The van der Waals surface area contributed by atoms with E-state index in [2.05, 4.69) is 16.3 Å². The van der Waals surface area contributed by atoms with Crippen LogP contribution in [-0.4, -0.2) is 35.0 Å². The van der Waals surface area contributed by atoms with Crippen LogP contribution in [0.3, 0.4) is 0 Å². The number of piperidine rings is 1. The quantitative estimate of drug-likeness (QED) is 0.621. The molecule has 0 atom stereocenters. The van der Waals surface area contributed by atoms with E-state index in [0.717, 1.165) is 37.5 Å². The fourth-order valence-electron chi connectivity index (χ4n) is 3.89. The van der Waals surface area contributed by atoms with Crippen molar-refractivity contribution in [1.82, 2.24) is 14.8 Å². The summed E-state index contributed by atoms with van der Waals surface area (Å²) in [4.78, 5) is 26.9. The lowest BCUT2D eigenvalue weighted by Gasteiger charge is -2.32. The van der Waals surface area contributed by atoms with E-state index in [4.69, 9.17) is 27.6 Å². The first-order chi connectivity index (χ1) is 14.5. The van der Waals surface area contributed by atoms with Crippen molar-refractivity contribution in [3.8, 4) is 0 Å². The Morgan fingerprint density at radius 3 is 2.63 bits per heavy atom. The van der Waals surface area contributed by atoms with Gasteiger partial charge < -0.3 is 9.73 Å². The van der Waals surface area contributed by atoms with Gasteiger partial charge in [0.1, 0.15) is 6.54 Å². The van der Waals surface area contributed by atoms with Crippen LogP contribution in [0.5, 0.6) is 0 Å². The molecule has 1 aliphatic rings. The zero-order chi connectivity index (χ0) is 21.1. The smallest absolute Gasteiger partial charge is 0.408 e. The number of carbonyl (C=O) groups is 1. The molecule has 0 bridgehead atoms. The Morgan fingerprint density at radius 1 is 1.10 bits per heavy atom. The van der Waals surface area contributed by atoms with Gasteiger partial charge in [0.15, 0.2) is 5.58 Å². The van der Waals surface area contributed by atoms with Crippen LogP contribution in [0.1, 0.15) is 18.4 Å². The molecule has 6 nitrogen and oxygen atoms in total. The summed E-state index contributed by atoms with van der Waals surface area (Å²) in [5.74, 6) is -0.325. The Kier molecular flexibility index (Phi) is 6.46. The van der Waals surface area contributed by atoms with E-state index in [0.29, 0.717) is 28.6 Å². The van der Waals surface area contributed by atoms with E-state index in [1.54, 1.807) is 18.2 Å². The number of halogens is 2. The minimum Gasteiger partial charge on any atom is -0.408 e. The van der Waals surface area contributed by atoms with Gasteiger partial charge in [0, 0.05) is 29.2 Å². The number of aromatic nitrogens is 1. The Balaban J connectivity index is 1.25. The second-order valence-electron chi connectivity index (χ2n) is 7.72. The number of oxazole rings is 1. The molecule has 0 saturated carbocycles. The molecular formula is C22H23Cl2N3O3. The SMILES string of the molecule is O=C(Cn1c(=O)oc2cc(Cl)ccc21)NCC1CCN(Cc2cccc(Cl)c2)CC1. The molecule has 8 heteroatoms. The van der Waals surface area contributed by atoms with Gasteiger partial charge in [-0.05, 0) is 61.7 Å². The van der Waals surface area contributed by atoms with Gasteiger partial charge in [-0.25, -0.2) is 4.79 Å². The Bertz CT molecular complexity index is 1100. The molecule has 1 fully saturated rings. The van der Waals surface area contributed by atoms with Gasteiger partial charge in [-0.3, -0.25) is 14.3 Å². The predicted molar refractivity (Wildman–Crippen MR) is 118 cm³/mol. The molecule has 1 aliphatic heterocycles. The van der Waals surface area contributed by atoms with Crippen LogP contribution in [-0.2, 0) is 17.9 Å².